The van der Waals surface area contributed by atoms with E-state index in [0.29, 0.717) is 11.5 Å². The minimum Gasteiger partial charge on any atom is -0.467 e. The Kier molecular flexibility index (Phi) is 1.60. The Bertz CT molecular complexity index is 694. The molecule has 0 unspecified atom stereocenters. The summed E-state index contributed by atoms with van der Waals surface area (Å²) in [7, 11) is 1.53. The zero-order valence-corrected chi connectivity index (χ0v) is 8.67. The van der Waals surface area contributed by atoms with Gasteiger partial charge in [-0.2, -0.15) is 0 Å². The first-order chi connectivity index (χ1) is 7.31. The molecule has 3 aromatic rings. The van der Waals surface area contributed by atoms with E-state index in [4.69, 9.17) is 4.74 Å². The van der Waals surface area contributed by atoms with Gasteiger partial charge in [-0.25, -0.2) is 5.10 Å². The molecule has 0 spiro atoms. The van der Waals surface area contributed by atoms with E-state index in [1.165, 1.54) is 7.11 Å². The summed E-state index contributed by atoms with van der Waals surface area (Å²) in [4.78, 5) is 11.5. The summed E-state index contributed by atoms with van der Waals surface area (Å²) in [5.74, 6) is 0. The van der Waals surface area contributed by atoms with Crippen LogP contribution in [0.5, 0.6) is 6.01 Å². The molecule has 0 aromatic carbocycles. The number of hydrogen-bond donors (Lipinski definition) is 1. The molecule has 0 atom stereocenters. The number of rotatable bonds is 1. The molecule has 0 saturated carbocycles. The fraction of sp³-hybridized carbons (Fsp3) is 0.111. The van der Waals surface area contributed by atoms with Crippen LogP contribution >= 0.6 is 11.3 Å². The number of methoxy groups -OCH3 is 1. The second-order valence-electron chi connectivity index (χ2n) is 3.07. The lowest BCUT2D eigenvalue weighted by Crippen LogP contribution is -2.13. The first-order valence-electron chi connectivity index (χ1n) is 4.32. The van der Waals surface area contributed by atoms with Crippen LogP contribution in [-0.4, -0.2) is 21.7 Å². The zero-order chi connectivity index (χ0) is 10.4. The third-order valence-electron chi connectivity index (χ3n) is 2.28. The standard InChI is InChI=1S/C9H7N3O2S/c1-14-9-11-10-8(13)6-4-7-5(12(6)9)2-3-15-7/h2-4H,1H3,(H,10,13). The van der Waals surface area contributed by atoms with Crippen LogP contribution in [0.2, 0.25) is 0 Å². The molecule has 0 fully saturated rings. The lowest BCUT2D eigenvalue weighted by atomic mass is 10.5. The maximum absolute atomic E-state index is 11.5. The van der Waals surface area contributed by atoms with Crippen molar-refractivity contribution in [3.05, 3.63) is 27.9 Å². The van der Waals surface area contributed by atoms with Crippen LogP contribution in [0, 0.1) is 0 Å². The number of hydrogen-bond acceptors (Lipinski definition) is 4. The molecule has 0 aliphatic rings. The lowest BCUT2D eigenvalue weighted by Gasteiger charge is -2.01. The van der Waals surface area contributed by atoms with Crippen molar-refractivity contribution in [2.24, 2.45) is 0 Å². The van der Waals surface area contributed by atoms with Gasteiger partial charge in [0.05, 0.1) is 17.3 Å². The number of H-pyrrole nitrogens is 1. The molecule has 0 bridgehead atoms. The van der Waals surface area contributed by atoms with Gasteiger partial charge in [-0.3, -0.25) is 9.20 Å². The summed E-state index contributed by atoms with van der Waals surface area (Å²) in [5.41, 5.74) is 1.30. The minimum atomic E-state index is -0.209. The Balaban J connectivity index is 2.65. The topological polar surface area (TPSA) is 59.4 Å². The highest BCUT2D eigenvalue weighted by Gasteiger charge is 2.11. The van der Waals surface area contributed by atoms with Gasteiger partial charge in [0, 0.05) is 0 Å². The smallest absolute Gasteiger partial charge is 0.318 e. The Morgan fingerprint density at radius 3 is 3.20 bits per heavy atom. The maximum Gasteiger partial charge on any atom is 0.318 e. The van der Waals surface area contributed by atoms with Crippen LogP contribution in [0.1, 0.15) is 0 Å². The second kappa shape index (κ2) is 2.83. The van der Waals surface area contributed by atoms with Crippen LogP contribution in [-0.2, 0) is 0 Å². The molecule has 3 rings (SSSR count). The van der Waals surface area contributed by atoms with Crippen LogP contribution in [0.4, 0.5) is 0 Å². The molecule has 0 aliphatic carbocycles. The fourth-order valence-corrected chi connectivity index (χ4v) is 2.44. The fourth-order valence-electron chi connectivity index (χ4n) is 1.64. The van der Waals surface area contributed by atoms with Gasteiger partial charge in [0.25, 0.3) is 5.56 Å². The highest BCUT2D eigenvalue weighted by atomic mass is 32.1. The number of nitrogens with zero attached hydrogens (tertiary/aromatic N) is 2. The molecule has 5 nitrogen and oxygen atoms in total. The van der Waals surface area contributed by atoms with Crippen molar-refractivity contribution in [1.82, 2.24) is 14.6 Å². The molecule has 6 heteroatoms. The summed E-state index contributed by atoms with van der Waals surface area (Å²) in [6, 6.07) is 4.16. The Morgan fingerprint density at radius 2 is 2.40 bits per heavy atom. The molecule has 0 saturated heterocycles. The molecule has 15 heavy (non-hydrogen) atoms. The first kappa shape index (κ1) is 8.49. The minimum absolute atomic E-state index is 0.209. The SMILES string of the molecule is COc1n[nH]c(=O)c2cc3sccc3n12. The Labute approximate surface area is 87.9 Å². The van der Waals surface area contributed by atoms with Crippen molar-refractivity contribution < 1.29 is 4.74 Å². The number of fused-ring (bicyclic) bond motifs is 3. The number of nitrogens with one attached hydrogen (secondary N) is 1. The highest BCUT2D eigenvalue weighted by Crippen LogP contribution is 2.25. The second-order valence-corrected chi connectivity index (χ2v) is 4.02. The van der Waals surface area contributed by atoms with E-state index in [0.717, 1.165) is 10.2 Å². The third kappa shape index (κ3) is 1.02. The summed E-state index contributed by atoms with van der Waals surface area (Å²) in [5, 5.41) is 8.20. The monoisotopic (exact) mass is 221 g/mol. The summed E-state index contributed by atoms with van der Waals surface area (Å²) < 4.78 is 7.87. The molecule has 0 aliphatic heterocycles. The molecule has 3 aromatic heterocycles. The van der Waals surface area contributed by atoms with Crippen molar-refractivity contribution in [3.63, 3.8) is 0 Å². The lowest BCUT2D eigenvalue weighted by molar-refractivity contribution is 0.369. The molecule has 3 heterocycles. The van der Waals surface area contributed by atoms with Gasteiger partial charge in [-0.1, -0.05) is 0 Å². The van der Waals surface area contributed by atoms with Gasteiger partial charge < -0.3 is 4.74 Å². The zero-order valence-electron chi connectivity index (χ0n) is 7.85. The molecule has 1 N–H and O–H groups in total. The van der Waals surface area contributed by atoms with Crippen molar-refractivity contribution in [2.75, 3.05) is 7.11 Å². The molecule has 0 radical (unpaired) electrons. The van der Waals surface area contributed by atoms with E-state index in [2.05, 4.69) is 10.2 Å². The maximum atomic E-state index is 11.5. The Morgan fingerprint density at radius 1 is 1.53 bits per heavy atom. The summed E-state index contributed by atoms with van der Waals surface area (Å²) in [6.07, 6.45) is 0. The van der Waals surface area contributed by atoms with E-state index >= 15 is 0 Å². The van der Waals surface area contributed by atoms with Gasteiger partial charge in [-0.15, -0.1) is 16.4 Å². The number of thiophene rings is 1. The van der Waals surface area contributed by atoms with Crippen LogP contribution in [0.3, 0.4) is 0 Å². The van der Waals surface area contributed by atoms with E-state index in [-0.39, 0.29) is 5.56 Å². The third-order valence-corrected chi connectivity index (χ3v) is 3.14. The van der Waals surface area contributed by atoms with Crippen LogP contribution in [0.25, 0.3) is 15.7 Å². The van der Waals surface area contributed by atoms with Crippen LogP contribution < -0.4 is 10.3 Å². The molecule has 0 amide bonds. The van der Waals surface area contributed by atoms with E-state index in [9.17, 15) is 4.79 Å². The highest BCUT2D eigenvalue weighted by molar-refractivity contribution is 7.17. The van der Waals surface area contributed by atoms with E-state index in [1.54, 1.807) is 15.7 Å². The average Bonchev–Trinajstić information content (AvgIpc) is 2.79. The van der Waals surface area contributed by atoms with Crippen molar-refractivity contribution >= 4 is 27.1 Å². The molecular formula is C9H7N3O2S. The number of aromatic nitrogens is 3. The number of ether oxygens (including phenoxy) is 1. The predicted octanol–water partition coefficient (Wildman–Crippen LogP) is 1.25. The first-order valence-corrected chi connectivity index (χ1v) is 5.20. The van der Waals surface area contributed by atoms with Gasteiger partial charge in [0.1, 0.15) is 5.52 Å². The van der Waals surface area contributed by atoms with Gasteiger partial charge in [0.15, 0.2) is 0 Å². The van der Waals surface area contributed by atoms with Crippen molar-refractivity contribution in [2.45, 2.75) is 0 Å². The van der Waals surface area contributed by atoms with Crippen LogP contribution in [0.15, 0.2) is 22.3 Å². The average molecular weight is 221 g/mol. The Hall–Kier alpha value is -1.82. The van der Waals surface area contributed by atoms with Crippen molar-refractivity contribution in [3.8, 4) is 6.01 Å². The summed E-state index contributed by atoms with van der Waals surface area (Å²) in [6.45, 7) is 0. The van der Waals surface area contributed by atoms with Gasteiger partial charge >= 0.3 is 6.01 Å². The number of aromatic amines is 1. The normalized spacial score (nSPS) is 11.3. The predicted molar refractivity (Wildman–Crippen MR) is 57.7 cm³/mol. The van der Waals surface area contributed by atoms with E-state index < -0.39 is 0 Å². The van der Waals surface area contributed by atoms with E-state index in [1.807, 2.05) is 17.5 Å². The largest absolute Gasteiger partial charge is 0.467 e. The van der Waals surface area contributed by atoms with Gasteiger partial charge in [-0.05, 0) is 17.5 Å². The molecule has 76 valence electrons. The quantitative estimate of drug-likeness (QED) is 0.672. The van der Waals surface area contributed by atoms with Crippen molar-refractivity contribution in [1.29, 1.82) is 0 Å². The van der Waals surface area contributed by atoms with Gasteiger partial charge in [0.2, 0.25) is 0 Å². The molecular weight excluding hydrogens is 214 g/mol. The summed E-state index contributed by atoms with van der Waals surface area (Å²) >= 11 is 1.58.